The van der Waals surface area contributed by atoms with Crippen molar-refractivity contribution in [2.45, 2.75) is 39.5 Å². The molecule has 1 fully saturated rings. The third-order valence-corrected chi connectivity index (χ3v) is 3.68. The summed E-state index contributed by atoms with van der Waals surface area (Å²) < 4.78 is 0. The summed E-state index contributed by atoms with van der Waals surface area (Å²) in [5.41, 5.74) is 1.24. The highest BCUT2D eigenvalue weighted by molar-refractivity contribution is 5.73. The molecule has 1 rings (SSSR count). The molecule has 0 aliphatic carbocycles. The molecule has 17 heavy (non-hydrogen) atoms. The SMILES string of the molecule is C=C(CC1CCN(C(C)=O)CC1)N(C)CCC. The van der Waals surface area contributed by atoms with Gasteiger partial charge in [0.05, 0.1) is 0 Å². The number of nitrogens with zero attached hydrogens (tertiary/aromatic N) is 2. The summed E-state index contributed by atoms with van der Waals surface area (Å²) in [6, 6.07) is 0. The highest BCUT2D eigenvalue weighted by Crippen LogP contribution is 2.24. The first-order chi connectivity index (χ1) is 8.04. The molecule has 3 heteroatoms. The molecule has 0 radical (unpaired) electrons. The zero-order valence-electron chi connectivity index (χ0n) is 11.5. The number of amides is 1. The van der Waals surface area contributed by atoms with E-state index in [1.807, 2.05) is 4.90 Å². The van der Waals surface area contributed by atoms with Crippen molar-refractivity contribution in [1.82, 2.24) is 9.80 Å². The Labute approximate surface area is 105 Å². The molecule has 0 unspecified atom stereocenters. The van der Waals surface area contributed by atoms with Crippen LogP contribution in [0.2, 0.25) is 0 Å². The Hall–Kier alpha value is -0.990. The molecule has 1 amide bonds. The van der Waals surface area contributed by atoms with Gasteiger partial charge in [0.1, 0.15) is 0 Å². The van der Waals surface area contributed by atoms with Crippen LogP contribution in [0.1, 0.15) is 39.5 Å². The molecule has 1 aliphatic heterocycles. The number of piperidine rings is 1. The van der Waals surface area contributed by atoms with Gasteiger partial charge >= 0.3 is 0 Å². The quantitative estimate of drug-likeness (QED) is 0.734. The second-order valence-electron chi connectivity index (χ2n) is 5.14. The van der Waals surface area contributed by atoms with Crippen LogP contribution in [0.4, 0.5) is 0 Å². The lowest BCUT2D eigenvalue weighted by Gasteiger charge is -2.33. The minimum Gasteiger partial charge on any atom is -0.378 e. The molecule has 0 aromatic rings. The van der Waals surface area contributed by atoms with Gasteiger partial charge in [0.15, 0.2) is 0 Å². The fraction of sp³-hybridized carbons (Fsp3) is 0.786. The van der Waals surface area contributed by atoms with Gasteiger partial charge in [-0.1, -0.05) is 13.5 Å². The van der Waals surface area contributed by atoms with Crippen molar-refractivity contribution in [2.24, 2.45) is 5.92 Å². The average molecular weight is 238 g/mol. The van der Waals surface area contributed by atoms with Crippen LogP contribution in [-0.4, -0.2) is 42.4 Å². The number of carbonyl (C=O) groups is 1. The van der Waals surface area contributed by atoms with Crippen LogP contribution in [0.3, 0.4) is 0 Å². The maximum absolute atomic E-state index is 11.2. The molecule has 0 bridgehead atoms. The summed E-state index contributed by atoms with van der Waals surface area (Å²) in [5, 5.41) is 0. The van der Waals surface area contributed by atoms with Gasteiger partial charge in [-0.15, -0.1) is 0 Å². The van der Waals surface area contributed by atoms with E-state index in [-0.39, 0.29) is 5.91 Å². The minimum atomic E-state index is 0.213. The maximum Gasteiger partial charge on any atom is 0.219 e. The molecular formula is C14H26N2O. The monoisotopic (exact) mass is 238 g/mol. The first-order valence-corrected chi connectivity index (χ1v) is 6.69. The van der Waals surface area contributed by atoms with Crippen molar-refractivity contribution >= 4 is 5.91 Å². The molecular weight excluding hydrogens is 212 g/mol. The van der Waals surface area contributed by atoms with E-state index < -0.39 is 0 Å². The van der Waals surface area contributed by atoms with Crippen molar-refractivity contribution in [3.05, 3.63) is 12.3 Å². The maximum atomic E-state index is 11.2. The first kappa shape index (κ1) is 14.1. The van der Waals surface area contributed by atoms with Gasteiger partial charge in [-0.05, 0) is 31.6 Å². The highest BCUT2D eigenvalue weighted by Gasteiger charge is 2.21. The van der Waals surface area contributed by atoms with E-state index in [1.165, 1.54) is 5.70 Å². The van der Waals surface area contributed by atoms with Crippen molar-refractivity contribution in [1.29, 1.82) is 0 Å². The Balaban J connectivity index is 2.30. The summed E-state index contributed by atoms with van der Waals surface area (Å²) in [6.45, 7) is 10.9. The normalized spacial score (nSPS) is 17.0. The van der Waals surface area contributed by atoms with Gasteiger partial charge < -0.3 is 9.80 Å². The Kier molecular flexibility index (Phi) is 5.52. The van der Waals surface area contributed by atoms with Gasteiger partial charge in [-0.3, -0.25) is 4.79 Å². The van der Waals surface area contributed by atoms with Crippen LogP contribution in [0.5, 0.6) is 0 Å². The molecule has 1 aliphatic rings. The second-order valence-corrected chi connectivity index (χ2v) is 5.14. The van der Waals surface area contributed by atoms with E-state index in [1.54, 1.807) is 6.92 Å². The van der Waals surface area contributed by atoms with Crippen LogP contribution >= 0.6 is 0 Å². The topological polar surface area (TPSA) is 23.6 Å². The molecule has 0 spiro atoms. The molecule has 1 saturated heterocycles. The summed E-state index contributed by atoms with van der Waals surface area (Å²) in [5.74, 6) is 0.919. The van der Waals surface area contributed by atoms with Crippen molar-refractivity contribution in [3.63, 3.8) is 0 Å². The van der Waals surface area contributed by atoms with Gasteiger partial charge in [-0.25, -0.2) is 0 Å². The largest absolute Gasteiger partial charge is 0.378 e. The Bertz CT molecular complexity index is 267. The number of hydrogen-bond acceptors (Lipinski definition) is 2. The number of likely N-dealkylation sites (tertiary alicyclic amines) is 1. The van der Waals surface area contributed by atoms with E-state index in [0.29, 0.717) is 5.92 Å². The molecule has 98 valence electrons. The van der Waals surface area contributed by atoms with Crippen LogP contribution in [0.25, 0.3) is 0 Å². The van der Waals surface area contributed by atoms with Gasteiger partial charge in [0, 0.05) is 39.3 Å². The standard InChI is InChI=1S/C14H26N2O/c1-5-8-15(4)12(2)11-14-6-9-16(10-7-14)13(3)17/h14H,2,5-11H2,1,3-4H3. The van der Waals surface area contributed by atoms with E-state index >= 15 is 0 Å². The number of hydrogen-bond donors (Lipinski definition) is 0. The third-order valence-electron chi connectivity index (χ3n) is 3.68. The molecule has 1 heterocycles. The second kappa shape index (κ2) is 6.67. The lowest BCUT2D eigenvalue weighted by atomic mass is 9.92. The van der Waals surface area contributed by atoms with Gasteiger partial charge in [-0.2, -0.15) is 0 Å². The fourth-order valence-corrected chi connectivity index (χ4v) is 2.43. The number of allylic oxidation sites excluding steroid dienone is 1. The summed E-state index contributed by atoms with van der Waals surface area (Å²) in [6.07, 6.45) is 4.50. The van der Waals surface area contributed by atoms with Crippen LogP contribution in [0.15, 0.2) is 12.3 Å². The lowest BCUT2D eigenvalue weighted by molar-refractivity contribution is -0.130. The fourth-order valence-electron chi connectivity index (χ4n) is 2.43. The Morgan fingerprint density at radius 2 is 2.00 bits per heavy atom. The number of carbonyl (C=O) groups excluding carboxylic acids is 1. The van der Waals surface area contributed by atoms with E-state index in [9.17, 15) is 4.79 Å². The van der Waals surface area contributed by atoms with Crippen LogP contribution in [0, 0.1) is 5.92 Å². The summed E-state index contributed by atoms with van der Waals surface area (Å²) in [4.78, 5) is 15.4. The molecule has 0 atom stereocenters. The van der Waals surface area contributed by atoms with Gasteiger partial charge in [0.2, 0.25) is 5.91 Å². The molecule has 3 nitrogen and oxygen atoms in total. The predicted molar refractivity (Wildman–Crippen MR) is 71.7 cm³/mol. The molecule has 0 saturated carbocycles. The first-order valence-electron chi connectivity index (χ1n) is 6.69. The zero-order valence-corrected chi connectivity index (χ0v) is 11.5. The van der Waals surface area contributed by atoms with Crippen molar-refractivity contribution in [3.8, 4) is 0 Å². The third kappa shape index (κ3) is 4.41. The van der Waals surface area contributed by atoms with E-state index in [2.05, 4.69) is 25.5 Å². The van der Waals surface area contributed by atoms with Crippen LogP contribution < -0.4 is 0 Å². The summed E-state index contributed by atoms with van der Waals surface area (Å²) >= 11 is 0. The van der Waals surface area contributed by atoms with E-state index in [4.69, 9.17) is 0 Å². The van der Waals surface area contributed by atoms with Crippen molar-refractivity contribution < 1.29 is 4.79 Å². The van der Waals surface area contributed by atoms with Crippen molar-refractivity contribution in [2.75, 3.05) is 26.7 Å². The average Bonchev–Trinajstić information content (AvgIpc) is 2.30. The zero-order chi connectivity index (χ0) is 12.8. The number of rotatable bonds is 5. The smallest absolute Gasteiger partial charge is 0.219 e. The predicted octanol–water partition coefficient (Wildman–Crippen LogP) is 2.49. The Morgan fingerprint density at radius 1 is 1.41 bits per heavy atom. The molecule has 0 aromatic heterocycles. The highest BCUT2D eigenvalue weighted by atomic mass is 16.2. The lowest BCUT2D eigenvalue weighted by Crippen LogP contribution is -2.37. The summed E-state index contributed by atoms with van der Waals surface area (Å²) in [7, 11) is 2.12. The minimum absolute atomic E-state index is 0.213. The Morgan fingerprint density at radius 3 is 2.47 bits per heavy atom. The molecule has 0 N–H and O–H groups in total. The van der Waals surface area contributed by atoms with Crippen LogP contribution in [-0.2, 0) is 4.79 Å². The molecule has 0 aromatic carbocycles. The van der Waals surface area contributed by atoms with E-state index in [0.717, 1.165) is 45.3 Å². The van der Waals surface area contributed by atoms with Gasteiger partial charge in [0.25, 0.3) is 0 Å².